The lowest BCUT2D eigenvalue weighted by Crippen LogP contribution is -2.29. The minimum Gasteiger partial charge on any atom is -0.317 e. The Morgan fingerprint density at radius 3 is 2.81 bits per heavy atom. The molecule has 1 fully saturated rings. The largest absolute Gasteiger partial charge is 0.317 e. The first-order chi connectivity index (χ1) is 7.78. The molecule has 1 aliphatic carbocycles. The first-order valence-corrected chi connectivity index (χ1v) is 7.85. The molecule has 90 valence electrons. The van der Waals surface area contributed by atoms with Crippen molar-refractivity contribution in [2.45, 2.75) is 44.6 Å². The highest BCUT2D eigenvalue weighted by Crippen LogP contribution is 2.30. The molecule has 2 rings (SSSR count). The highest BCUT2D eigenvalue weighted by molar-refractivity contribution is 9.10. The topological polar surface area (TPSA) is 12.0 Å². The highest BCUT2D eigenvalue weighted by atomic mass is 79.9. The second kappa shape index (κ2) is 6.18. The van der Waals surface area contributed by atoms with Gasteiger partial charge in [0.05, 0.1) is 0 Å². The summed E-state index contributed by atoms with van der Waals surface area (Å²) in [4.78, 5) is 1.49. The molecule has 0 radical (unpaired) electrons. The molecular weight excluding hydrogens is 282 g/mol. The van der Waals surface area contributed by atoms with Gasteiger partial charge in [-0.1, -0.05) is 25.7 Å². The normalized spacial score (nSPS) is 19.1. The molecule has 0 saturated heterocycles. The second-order valence-corrected chi connectivity index (χ2v) is 6.72. The van der Waals surface area contributed by atoms with Crippen molar-refractivity contribution in [1.29, 1.82) is 0 Å². The van der Waals surface area contributed by atoms with Gasteiger partial charge in [-0.25, -0.2) is 0 Å². The Kier molecular flexibility index (Phi) is 4.86. The number of rotatable bonds is 5. The third-order valence-corrected chi connectivity index (χ3v) is 5.29. The van der Waals surface area contributed by atoms with Crippen LogP contribution in [0.4, 0.5) is 0 Å². The predicted molar refractivity (Wildman–Crippen MR) is 75.1 cm³/mol. The summed E-state index contributed by atoms with van der Waals surface area (Å²) >= 11 is 5.39. The number of hydrogen-bond acceptors (Lipinski definition) is 2. The van der Waals surface area contributed by atoms with Gasteiger partial charge in [0.2, 0.25) is 0 Å². The van der Waals surface area contributed by atoms with E-state index in [-0.39, 0.29) is 0 Å². The molecule has 1 aromatic heterocycles. The van der Waals surface area contributed by atoms with Crippen molar-refractivity contribution in [1.82, 2.24) is 5.32 Å². The van der Waals surface area contributed by atoms with E-state index in [9.17, 15) is 0 Å². The second-order valence-electron chi connectivity index (χ2n) is 4.81. The summed E-state index contributed by atoms with van der Waals surface area (Å²) < 4.78 is 1.23. The number of likely N-dealkylation sites (N-methyl/N-ethyl adjacent to an activating group) is 1. The third-order valence-electron chi connectivity index (χ3n) is 3.57. The molecule has 0 amide bonds. The minimum absolute atomic E-state index is 0.661. The third kappa shape index (κ3) is 3.57. The maximum Gasteiger partial charge on any atom is 0.0285 e. The lowest BCUT2D eigenvalue weighted by molar-refractivity contribution is 0.404. The fourth-order valence-electron chi connectivity index (χ4n) is 2.66. The van der Waals surface area contributed by atoms with Crippen LogP contribution in [-0.4, -0.2) is 13.1 Å². The van der Waals surface area contributed by atoms with Crippen LogP contribution in [0.25, 0.3) is 0 Å². The Morgan fingerprint density at radius 2 is 2.25 bits per heavy atom. The van der Waals surface area contributed by atoms with Gasteiger partial charge >= 0.3 is 0 Å². The lowest BCUT2D eigenvalue weighted by atomic mass is 9.96. The monoisotopic (exact) mass is 301 g/mol. The molecule has 1 saturated carbocycles. The zero-order chi connectivity index (χ0) is 11.4. The summed E-state index contributed by atoms with van der Waals surface area (Å²) in [6.07, 6.45) is 8.34. The molecule has 3 heteroatoms. The van der Waals surface area contributed by atoms with Crippen LogP contribution >= 0.6 is 27.3 Å². The van der Waals surface area contributed by atoms with E-state index in [0.29, 0.717) is 6.04 Å². The van der Waals surface area contributed by atoms with E-state index in [1.807, 2.05) is 11.3 Å². The first kappa shape index (κ1) is 12.6. The summed E-state index contributed by atoms with van der Waals surface area (Å²) in [5.41, 5.74) is 0. The number of hydrogen-bond donors (Lipinski definition) is 1. The smallest absolute Gasteiger partial charge is 0.0285 e. The van der Waals surface area contributed by atoms with E-state index in [1.54, 1.807) is 0 Å². The molecule has 0 aliphatic heterocycles. The summed E-state index contributed by atoms with van der Waals surface area (Å²) in [5, 5.41) is 5.66. The number of halogens is 1. The van der Waals surface area contributed by atoms with Crippen LogP contribution in [0.1, 0.15) is 37.0 Å². The van der Waals surface area contributed by atoms with Crippen LogP contribution in [0.5, 0.6) is 0 Å². The van der Waals surface area contributed by atoms with Crippen molar-refractivity contribution in [2.24, 2.45) is 5.92 Å². The van der Waals surface area contributed by atoms with Crippen molar-refractivity contribution in [3.8, 4) is 0 Å². The Morgan fingerprint density at radius 1 is 1.50 bits per heavy atom. The molecule has 0 spiro atoms. The van der Waals surface area contributed by atoms with E-state index in [0.717, 1.165) is 5.92 Å². The molecule has 0 aromatic carbocycles. The maximum absolute atomic E-state index is 3.52. The van der Waals surface area contributed by atoms with Crippen molar-refractivity contribution >= 4 is 27.3 Å². The van der Waals surface area contributed by atoms with Crippen LogP contribution in [-0.2, 0) is 6.42 Å². The molecule has 16 heavy (non-hydrogen) atoms. The van der Waals surface area contributed by atoms with Gasteiger partial charge in [0, 0.05) is 20.8 Å². The molecule has 1 unspecified atom stereocenters. The Bertz CT molecular complexity index is 317. The fourth-order valence-corrected chi connectivity index (χ4v) is 4.19. The number of nitrogens with one attached hydrogen (secondary N) is 1. The molecule has 1 nitrogen and oxygen atoms in total. The van der Waals surface area contributed by atoms with E-state index < -0.39 is 0 Å². The van der Waals surface area contributed by atoms with E-state index >= 15 is 0 Å². The standard InChI is InChI=1S/C13H20BrNS/c1-15-12(6-10-4-2-3-5-10)8-13-7-11(14)9-16-13/h7,9-10,12,15H,2-6,8H2,1H3. The summed E-state index contributed by atoms with van der Waals surface area (Å²) in [6, 6.07) is 2.91. The molecule has 1 heterocycles. The lowest BCUT2D eigenvalue weighted by Gasteiger charge is -2.19. The maximum atomic E-state index is 3.52. The van der Waals surface area contributed by atoms with Crippen LogP contribution in [0.2, 0.25) is 0 Å². The molecular formula is C13H20BrNS. The molecule has 1 atom stereocenters. The number of thiophene rings is 1. The zero-order valence-corrected chi connectivity index (χ0v) is 12.2. The first-order valence-electron chi connectivity index (χ1n) is 6.18. The van der Waals surface area contributed by atoms with E-state index in [1.165, 1.54) is 47.9 Å². The van der Waals surface area contributed by atoms with Gasteiger partial charge in [0.25, 0.3) is 0 Å². The van der Waals surface area contributed by atoms with Gasteiger partial charge in [0.15, 0.2) is 0 Å². The summed E-state index contributed by atoms with van der Waals surface area (Å²) in [6.45, 7) is 0. The van der Waals surface area contributed by atoms with Gasteiger partial charge in [0.1, 0.15) is 0 Å². The Balaban J connectivity index is 1.84. The van der Waals surface area contributed by atoms with Crippen LogP contribution in [0, 0.1) is 5.92 Å². The van der Waals surface area contributed by atoms with Crippen molar-refractivity contribution < 1.29 is 0 Å². The van der Waals surface area contributed by atoms with Gasteiger partial charge in [-0.15, -0.1) is 11.3 Å². The van der Waals surface area contributed by atoms with Gasteiger partial charge in [-0.3, -0.25) is 0 Å². The average molecular weight is 302 g/mol. The van der Waals surface area contributed by atoms with Crippen LogP contribution < -0.4 is 5.32 Å². The summed E-state index contributed by atoms with van der Waals surface area (Å²) in [7, 11) is 2.10. The molecule has 0 bridgehead atoms. The van der Waals surface area contributed by atoms with Crippen LogP contribution in [0.3, 0.4) is 0 Å². The molecule has 1 aromatic rings. The fraction of sp³-hybridized carbons (Fsp3) is 0.692. The van der Waals surface area contributed by atoms with Gasteiger partial charge in [-0.2, -0.15) is 0 Å². The van der Waals surface area contributed by atoms with E-state index in [4.69, 9.17) is 0 Å². The molecule has 1 aliphatic rings. The Labute approximate surface area is 111 Å². The zero-order valence-electron chi connectivity index (χ0n) is 9.84. The van der Waals surface area contributed by atoms with Gasteiger partial charge in [-0.05, 0) is 47.8 Å². The minimum atomic E-state index is 0.661. The average Bonchev–Trinajstić information content (AvgIpc) is 2.89. The summed E-state index contributed by atoms with van der Waals surface area (Å²) in [5.74, 6) is 0.973. The Hall–Kier alpha value is 0.140. The van der Waals surface area contributed by atoms with Gasteiger partial charge < -0.3 is 5.32 Å². The quantitative estimate of drug-likeness (QED) is 0.858. The predicted octanol–water partition coefficient (Wildman–Crippen LogP) is 4.22. The van der Waals surface area contributed by atoms with Crippen molar-refractivity contribution in [3.05, 3.63) is 20.8 Å². The van der Waals surface area contributed by atoms with Crippen LogP contribution in [0.15, 0.2) is 15.9 Å². The van der Waals surface area contributed by atoms with Crippen molar-refractivity contribution in [3.63, 3.8) is 0 Å². The van der Waals surface area contributed by atoms with Crippen molar-refractivity contribution in [2.75, 3.05) is 7.05 Å². The molecule has 1 N–H and O–H groups in total. The SMILES string of the molecule is CNC(Cc1cc(Br)cs1)CC1CCCC1. The highest BCUT2D eigenvalue weighted by Gasteiger charge is 2.19. The van der Waals surface area contributed by atoms with E-state index in [2.05, 4.69) is 39.7 Å².